The summed E-state index contributed by atoms with van der Waals surface area (Å²) in [6.45, 7) is 1.59. The third kappa shape index (κ3) is 5.78. The number of hydrogen-bond acceptors (Lipinski definition) is 7. The third-order valence-corrected chi connectivity index (χ3v) is 7.85. The smallest absolute Gasteiger partial charge is 0.393 e. The Bertz CT molecular complexity index is 1190. The summed E-state index contributed by atoms with van der Waals surface area (Å²) in [7, 11) is 0. The Morgan fingerprint density at radius 1 is 1.03 bits per heavy atom. The van der Waals surface area contributed by atoms with Crippen molar-refractivity contribution in [3.63, 3.8) is 0 Å². The number of pyridine rings is 1. The number of fused-ring (bicyclic) bond motifs is 2. The Labute approximate surface area is 218 Å². The first-order valence-corrected chi connectivity index (χ1v) is 13.1. The van der Waals surface area contributed by atoms with Gasteiger partial charge in [-0.25, -0.2) is 0 Å². The number of aliphatic hydroxyl groups is 1. The van der Waals surface area contributed by atoms with Crippen LogP contribution in [0.3, 0.4) is 0 Å². The molecule has 8 nitrogen and oxygen atoms in total. The summed E-state index contributed by atoms with van der Waals surface area (Å²) in [5.41, 5.74) is -0.551. The van der Waals surface area contributed by atoms with E-state index in [0.29, 0.717) is 18.6 Å². The SMILES string of the molecule is O=C(CNc1noc2ccc(C(F)(F)F)cc12)N1CCC2C1CCN2C1CCC(O)CC1.c1ccncc1. The molecule has 3 aliphatic rings. The highest BCUT2D eigenvalue weighted by Gasteiger charge is 2.46. The molecule has 4 heterocycles. The molecule has 0 bridgehead atoms. The van der Waals surface area contributed by atoms with Gasteiger partial charge in [-0.15, -0.1) is 0 Å². The summed E-state index contributed by atoms with van der Waals surface area (Å²) in [5, 5.41) is 16.7. The number of hydrogen-bond donors (Lipinski definition) is 2. The van der Waals surface area contributed by atoms with E-state index in [4.69, 9.17) is 4.52 Å². The number of aliphatic hydroxyl groups excluding tert-OH is 1. The molecule has 2 unspecified atom stereocenters. The number of carbonyl (C=O) groups is 1. The number of amides is 1. The van der Waals surface area contributed by atoms with Crippen LogP contribution < -0.4 is 5.32 Å². The van der Waals surface area contributed by atoms with Crippen LogP contribution in [0.2, 0.25) is 0 Å². The highest BCUT2D eigenvalue weighted by Crippen LogP contribution is 2.37. The van der Waals surface area contributed by atoms with Crippen molar-refractivity contribution in [1.82, 2.24) is 19.9 Å². The van der Waals surface area contributed by atoms with Gasteiger partial charge in [0, 0.05) is 43.6 Å². The van der Waals surface area contributed by atoms with Gasteiger partial charge in [0.15, 0.2) is 11.4 Å². The summed E-state index contributed by atoms with van der Waals surface area (Å²) in [5.74, 6) is 0.0607. The summed E-state index contributed by atoms with van der Waals surface area (Å²) >= 11 is 0. The van der Waals surface area contributed by atoms with Crippen LogP contribution >= 0.6 is 0 Å². The van der Waals surface area contributed by atoms with Gasteiger partial charge in [0.1, 0.15) is 0 Å². The number of nitrogens with zero attached hydrogens (tertiary/aromatic N) is 4. The summed E-state index contributed by atoms with van der Waals surface area (Å²) in [6.07, 6.45) is 4.39. The van der Waals surface area contributed by atoms with Gasteiger partial charge < -0.3 is 19.8 Å². The number of alkyl halides is 3. The van der Waals surface area contributed by atoms with Crippen LogP contribution in [0.1, 0.15) is 44.1 Å². The largest absolute Gasteiger partial charge is 0.416 e. The maximum atomic E-state index is 13.0. The van der Waals surface area contributed by atoms with E-state index in [9.17, 15) is 23.1 Å². The van der Waals surface area contributed by atoms with Gasteiger partial charge in [0.25, 0.3) is 0 Å². The molecule has 204 valence electrons. The number of benzene rings is 1. The van der Waals surface area contributed by atoms with E-state index in [1.54, 1.807) is 12.4 Å². The zero-order chi connectivity index (χ0) is 26.7. The fourth-order valence-corrected chi connectivity index (χ4v) is 5.99. The van der Waals surface area contributed by atoms with Crippen molar-refractivity contribution in [3.8, 4) is 0 Å². The molecule has 1 amide bonds. The van der Waals surface area contributed by atoms with Crippen LogP contribution in [0.4, 0.5) is 19.0 Å². The van der Waals surface area contributed by atoms with Crippen molar-refractivity contribution in [1.29, 1.82) is 0 Å². The van der Waals surface area contributed by atoms with Gasteiger partial charge in [0.2, 0.25) is 5.91 Å². The average molecular weight is 532 g/mol. The first kappa shape index (κ1) is 26.4. The molecular weight excluding hydrogens is 499 g/mol. The molecule has 38 heavy (non-hydrogen) atoms. The Kier molecular flexibility index (Phi) is 7.85. The fraction of sp³-hybridized carbons (Fsp3) is 0.519. The maximum absolute atomic E-state index is 13.0. The Morgan fingerprint density at radius 3 is 2.42 bits per heavy atom. The number of anilines is 1. The Morgan fingerprint density at radius 2 is 1.76 bits per heavy atom. The van der Waals surface area contributed by atoms with E-state index < -0.39 is 11.7 Å². The van der Waals surface area contributed by atoms with E-state index in [-0.39, 0.29) is 41.4 Å². The van der Waals surface area contributed by atoms with Crippen LogP contribution in [-0.2, 0) is 11.0 Å². The number of nitrogens with one attached hydrogen (secondary N) is 1. The van der Waals surface area contributed by atoms with Crippen LogP contribution in [0.25, 0.3) is 11.0 Å². The van der Waals surface area contributed by atoms with Crippen LogP contribution in [0, 0.1) is 0 Å². The third-order valence-electron chi connectivity index (χ3n) is 7.85. The fourth-order valence-electron chi connectivity index (χ4n) is 5.99. The van der Waals surface area contributed by atoms with E-state index in [1.807, 2.05) is 23.1 Å². The second kappa shape index (κ2) is 11.3. The standard InChI is InChI=1S/C22H27F3N4O3.C5H5N/c23-22(24,25)13-1-6-19-16(11-13)21(27-32-19)26-12-20(31)29-10-8-17-18(29)7-9-28(17)14-2-4-15(30)5-3-14;1-2-4-6-5-3-1/h1,6,11,14-15,17-18,30H,2-5,7-10,12H2,(H,26,27);1-5H. The predicted octanol–water partition coefficient (Wildman–Crippen LogP) is 4.32. The molecule has 1 saturated carbocycles. The molecule has 3 aromatic rings. The molecule has 0 spiro atoms. The van der Waals surface area contributed by atoms with Crippen LogP contribution in [-0.4, -0.2) is 74.8 Å². The monoisotopic (exact) mass is 531 g/mol. The van der Waals surface area contributed by atoms with Gasteiger partial charge in [-0.1, -0.05) is 11.2 Å². The zero-order valence-electron chi connectivity index (χ0n) is 21.0. The van der Waals surface area contributed by atoms with E-state index >= 15 is 0 Å². The van der Waals surface area contributed by atoms with Crippen LogP contribution in [0.15, 0.2) is 53.3 Å². The van der Waals surface area contributed by atoms with Crippen molar-refractivity contribution in [2.24, 2.45) is 0 Å². The normalized spacial score (nSPS) is 25.6. The number of carbonyl (C=O) groups excluding carboxylic acids is 1. The van der Waals surface area contributed by atoms with Crippen molar-refractivity contribution >= 4 is 22.7 Å². The summed E-state index contributed by atoms with van der Waals surface area (Å²) in [4.78, 5) is 21.2. The first-order valence-electron chi connectivity index (χ1n) is 13.1. The zero-order valence-corrected chi connectivity index (χ0v) is 21.0. The average Bonchev–Trinajstić information content (AvgIpc) is 3.64. The lowest BCUT2D eigenvalue weighted by molar-refractivity contribution is -0.137. The molecular formula is C27H32F3N5O3. The Balaban J connectivity index is 0.000000433. The minimum absolute atomic E-state index is 0.0449. The number of likely N-dealkylation sites (tertiary alicyclic amines) is 2. The van der Waals surface area contributed by atoms with Crippen molar-refractivity contribution < 1.29 is 27.6 Å². The second-order valence-corrected chi connectivity index (χ2v) is 10.1. The number of halogens is 3. The molecule has 2 atom stereocenters. The topological polar surface area (TPSA) is 94.7 Å². The second-order valence-electron chi connectivity index (χ2n) is 10.1. The van der Waals surface area contributed by atoms with E-state index in [0.717, 1.165) is 57.2 Å². The molecule has 3 fully saturated rings. The molecule has 2 aliphatic heterocycles. The van der Waals surface area contributed by atoms with E-state index in [1.165, 1.54) is 6.07 Å². The highest BCUT2D eigenvalue weighted by molar-refractivity contribution is 5.91. The van der Waals surface area contributed by atoms with Crippen LogP contribution in [0.5, 0.6) is 0 Å². The molecule has 2 aromatic heterocycles. The quantitative estimate of drug-likeness (QED) is 0.518. The van der Waals surface area contributed by atoms with Gasteiger partial charge >= 0.3 is 6.18 Å². The number of aromatic nitrogens is 2. The maximum Gasteiger partial charge on any atom is 0.416 e. The predicted molar refractivity (Wildman–Crippen MR) is 135 cm³/mol. The minimum atomic E-state index is -4.46. The van der Waals surface area contributed by atoms with Crippen molar-refractivity contribution in [3.05, 3.63) is 54.4 Å². The lowest BCUT2D eigenvalue weighted by atomic mass is 9.91. The molecule has 11 heteroatoms. The molecule has 1 aromatic carbocycles. The molecule has 0 radical (unpaired) electrons. The molecule has 2 saturated heterocycles. The van der Waals surface area contributed by atoms with Gasteiger partial charge in [-0.3, -0.25) is 14.7 Å². The van der Waals surface area contributed by atoms with Crippen molar-refractivity contribution in [2.45, 2.75) is 68.9 Å². The lowest BCUT2D eigenvalue weighted by Gasteiger charge is -2.36. The minimum Gasteiger partial charge on any atom is -0.393 e. The van der Waals surface area contributed by atoms with Gasteiger partial charge in [0.05, 0.1) is 23.6 Å². The van der Waals surface area contributed by atoms with E-state index in [2.05, 4.69) is 20.4 Å². The molecule has 2 N–H and O–H groups in total. The molecule has 1 aliphatic carbocycles. The summed E-state index contributed by atoms with van der Waals surface area (Å²) < 4.78 is 44.2. The molecule has 6 rings (SSSR count). The van der Waals surface area contributed by atoms with Gasteiger partial charge in [-0.05, 0) is 68.9 Å². The van der Waals surface area contributed by atoms with Gasteiger partial charge in [-0.2, -0.15) is 13.2 Å². The number of rotatable bonds is 4. The lowest BCUT2D eigenvalue weighted by Crippen LogP contribution is -2.45. The Hall–Kier alpha value is -3.18. The highest BCUT2D eigenvalue weighted by atomic mass is 19.4. The first-order chi connectivity index (χ1) is 18.3. The summed E-state index contributed by atoms with van der Waals surface area (Å²) in [6, 6.07) is 9.88. The van der Waals surface area contributed by atoms with Crippen molar-refractivity contribution in [2.75, 3.05) is 25.0 Å².